The molecule has 7 nitrogen and oxygen atoms in total. The molecule has 1 aliphatic rings. The number of amides is 1. The minimum Gasteiger partial charge on any atom is -0.497 e. The molecule has 4 aromatic rings. The van der Waals surface area contributed by atoms with Crippen LogP contribution in [0.15, 0.2) is 66.7 Å². The number of methoxy groups -OCH3 is 1. The van der Waals surface area contributed by atoms with Crippen LogP contribution < -0.4 is 15.4 Å². The summed E-state index contributed by atoms with van der Waals surface area (Å²) in [6.45, 7) is 0.672. The molecule has 7 heteroatoms. The number of aldehydes is 1. The number of hydrogen-bond acceptors (Lipinski definition) is 5. The maximum atomic E-state index is 12.6. The molecule has 1 fully saturated rings. The van der Waals surface area contributed by atoms with Gasteiger partial charge in [-0.15, -0.1) is 0 Å². The zero-order chi connectivity index (χ0) is 24.3. The molecule has 0 atom stereocenters. The number of aromatic nitrogens is 2. The second-order valence-corrected chi connectivity index (χ2v) is 9.12. The summed E-state index contributed by atoms with van der Waals surface area (Å²) in [4.78, 5) is 32.2. The maximum absolute atomic E-state index is 12.6. The largest absolute Gasteiger partial charge is 0.497 e. The lowest BCUT2D eigenvalue weighted by Crippen LogP contribution is -2.28. The number of hydrogen-bond donors (Lipinski definition) is 3. The van der Waals surface area contributed by atoms with Crippen LogP contribution in [-0.4, -0.2) is 35.8 Å². The number of carbonyl (C=O) groups is 2. The highest BCUT2D eigenvalue weighted by molar-refractivity contribution is 6.05. The number of anilines is 2. The smallest absolute Gasteiger partial charge is 0.255 e. The summed E-state index contributed by atoms with van der Waals surface area (Å²) in [5.74, 6) is 1.27. The Bertz CT molecular complexity index is 1340. The predicted molar refractivity (Wildman–Crippen MR) is 138 cm³/mol. The van der Waals surface area contributed by atoms with E-state index in [2.05, 4.69) is 15.6 Å². The van der Waals surface area contributed by atoms with Crippen molar-refractivity contribution in [3.8, 4) is 17.1 Å². The van der Waals surface area contributed by atoms with E-state index in [0.717, 1.165) is 60.1 Å². The molecule has 1 amide bonds. The van der Waals surface area contributed by atoms with Crippen LogP contribution in [0, 0.1) is 5.41 Å². The lowest BCUT2D eigenvalue weighted by atomic mass is 9.88. The van der Waals surface area contributed by atoms with Crippen molar-refractivity contribution < 1.29 is 14.3 Å². The van der Waals surface area contributed by atoms with Crippen molar-refractivity contribution in [1.82, 2.24) is 9.97 Å². The topological polar surface area (TPSA) is 96.1 Å². The molecule has 3 aromatic carbocycles. The Morgan fingerprint density at radius 3 is 2.43 bits per heavy atom. The quantitative estimate of drug-likeness (QED) is 0.290. The second-order valence-electron chi connectivity index (χ2n) is 9.12. The molecular formula is C28H28N4O3. The Morgan fingerprint density at radius 2 is 1.74 bits per heavy atom. The van der Waals surface area contributed by atoms with Gasteiger partial charge in [-0.3, -0.25) is 4.79 Å². The number of carbonyl (C=O) groups excluding carboxylic acids is 2. The van der Waals surface area contributed by atoms with Gasteiger partial charge in [-0.2, -0.15) is 0 Å². The molecule has 5 rings (SSSR count). The van der Waals surface area contributed by atoms with E-state index in [1.54, 1.807) is 31.4 Å². The van der Waals surface area contributed by atoms with Gasteiger partial charge in [0.2, 0.25) is 0 Å². The number of fused-ring (bicyclic) bond motifs is 1. The molecule has 0 unspecified atom stereocenters. The Labute approximate surface area is 203 Å². The van der Waals surface area contributed by atoms with Gasteiger partial charge < -0.3 is 25.1 Å². The standard InChI is InChI=1S/C28H28N4O3/c1-35-23-11-6-20(7-12-23)27(34)30-22-10-13-24-25(16-22)32-26(31-24)19-4-8-21(9-5-19)29-17-28(18-33)14-2-3-15-28/h4-13,16,18,29H,2-3,14-15,17H2,1H3,(H,30,34)(H,31,32). The number of rotatable bonds is 8. The second kappa shape index (κ2) is 9.62. The first-order valence-electron chi connectivity index (χ1n) is 11.8. The summed E-state index contributed by atoms with van der Waals surface area (Å²) in [5.41, 5.74) is 4.62. The van der Waals surface area contributed by atoms with Gasteiger partial charge in [-0.1, -0.05) is 12.8 Å². The first-order chi connectivity index (χ1) is 17.1. The number of nitrogens with one attached hydrogen (secondary N) is 3. The molecule has 0 saturated heterocycles. The fourth-order valence-corrected chi connectivity index (χ4v) is 4.61. The summed E-state index contributed by atoms with van der Waals surface area (Å²) >= 11 is 0. The average molecular weight is 469 g/mol. The average Bonchev–Trinajstić information content (AvgIpc) is 3.55. The Hall–Kier alpha value is -4.13. The van der Waals surface area contributed by atoms with Gasteiger partial charge in [0.1, 0.15) is 17.9 Å². The number of imidazole rings is 1. The molecule has 1 aliphatic carbocycles. The summed E-state index contributed by atoms with van der Waals surface area (Å²) < 4.78 is 5.14. The molecule has 0 bridgehead atoms. The van der Waals surface area contributed by atoms with Gasteiger partial charge in [-0.25, -0.2) is 4.98 Å². The van der Waals surface area contributed by atoms with Crippen molar-refractivity contribution in [3.63, 3.8) is 0 Å². The van der Waals surface area contributed by atoms with Crippen molar-refractivity contribution in [1.29, 1.82) is 0 Å². The first kappa shape index (κ1) is 22.7. The van der Waals surface area contributed by atoms with Crippen molar-refractivity contribution >= 4 is 34.6 Å². The first-order valence-corrected chi connectivity index (χ1v) is 11.8. The monoisotopic (exact) mass is 468 g/mol. The van der Waals surface area contributed by atoms with Gasteiger partial charge in [-0.05, 0) is 79.6 Å². The van der Waals surface area contributed by atoms with Crippen molar-refractivity contribution in [2.24, 2.45) is 5.41 Å². The Kier molecular flexibility index (Phi) is 6.23. The SMILES string of the molecule is COc1ccc(C(=O)Nc2ccc3nc(-c4ccc(NCC5(C=O)CCCC5)cc4)[nH]c3c2)cc1. The molecule has 0 radical (unpaired) electrons. The highest BCUT2D eigenvalue weighted by atomic mass is 16.5. The third kappa shape index (κ3) is 4.89. The van der Waals surface area contributed by atoms with Crippen LogP contribution >= 0.6 is 0 Å². The highest BCUT2D eigenvalue weighted by Gasteiger charge is 2.33. The minimum absolute atomic E-state index is 0.191. The van der Waals surface area contributed by atoms with Gasteiger partial charge in [0, 0.05) is 34.5 Å². The van der Waals surface area contributed by atoms with Crippen LogP contribution in [0.3, 0.4) is 0 Å². The van der Waals surface area contributed by atoms with Crippen LogP contribution in [0.5, 0.6) is 5.75 Å². The zero-order valence-corrected chi connectivity index (χ0v) is 19.6. The lowest BCUT2D eigenvalue weighted by Gasteiger charge is -2.22. The molecular weight excluding hydrogens is 440 g/mol. The van der Waals surface area contributed by atoms with E-state index >= 15 is 0 Å². The van der Waals surface area contributed by atoms with Gasteiger partial charge in [0.05, 0.1) is 18.1 Å². The van der Waals surface area contributed by atoms with Crippen LogP contribution in [0.1, 0.15) is 36.0 Å². The highest BCUT2D eigenvalue weighted by Crippen LogP contribution is 2.36. The molecule has 3 N–H and O–H groups in total. The summed E-state index contributed by atoms with van der Waals surface area (Å²) in [7, 11) is 1.59. The Balaban J connectivity index is 1.27. The third-order valence-corrected chi connectivity index (χ3v) is 6.74. The number of ether oxygens (including phenoxy) is 1. The zero-order valence-electron chi connectivity index (χ0n) is 19.6. The van der Waals surface area contributed by atoms with Crippen LogP contribution in [0.4, 0.5) is 11.4 Å². The van der Waals surface area contributed by atoms with E-state index in [1.807, 2.05) is 42.5 Å². The van der Waals surface area contributed by atoms with Crippen LogP contribution in [0.25, 0.3) is 22.4 Å². The van der Waals surface area contributed by atoms with Crippen molar-refractivity contribution in [2.45, 2.75) is 25.7 Å². The molecule has 35 heavy (non-hydrogen) atoms. The molecule has 178 valence electrons. The fraction of sp³-hybridized carbons (Fsp3) is 0.250. The van der Waals surface area contributed by atoms with E-state index in [1.165, 1.54) is 0 Å². The molecule has 0 aliphatic heterocycles. The van der Waals surface area contributed by atoms with E-state index in [-0.39, 0.29) is 11.3 Å². The van der Waals surface area contributed by atoms with E-state index in [9.17, 15) is 9.59 Å². The Morgan fingerprint density at radius 1 is 1.03 bits per heavy atom. The normalized spacial score (nSPS) is 14.5. The van der Waals surface area contributed by atoms with Gasteiger partial charge >= 0.3 is 0 Å². The summed E-state index contributed by atoms with van der Waals surface area (Å²) in [6, 6.07) is 20.6. The number of H-pyrrole nitrogens is 1. The summed E-state index contributed by atoms with van der Waals surface area (Å²) in [6.07, 6.45) is 5.30. The van der Waals surface area contributed by atoms with E-state index in [0.29, 0.717) is 23.5 Å². The van der Waals surface area contributed by atoms with Crippen molar-refractivity contribution in [3.05, 3.63) is 72.3 Å². The van der Waals surface area contributed by atoms with E-state index < -0.39 is 0 Å². The molecule has 1 saturated carbocycles. The van der Waals surface area contributed by atoms with Gasteiger partial charge in [0.15, 0.2) is 0 Å². The number of benzene rings is 3. The third-order valence-electron chi connectivity index (χ3n) is 6.74. The fourth-order valence-electron chi connectivity index (χ4n) is 4.61. The number of nitrogens with zero attached hydrogens (tertiary/aromatic N) is 1. The minimum atomic E-state index is -0.224. The summed E-state index contributed by atoms with van der Waals surface area (Å²) in [5, 5.41) is 6.35. The molecule has 0 spiro atoms. The lowest BCUT2D eigenvalue weighted by molar-refractivity contribution is -0.115. The van der Waals surface area contributed by atoms with E-state index in [4.69, 9.17) is 9.72 Å². The van der Waals surface area contributed by atoms with Crippen LogP contribution in [0.2, 0.25) is 0 Å². The van der Waals surface area contributed by atoms with Crippen LogP contribution in [-0.2, 0) is 4.79 Å². The number of aromatic amines is 1. The predicted octanol–water partition coefficient (Wildman–Crippen LogP) is 5.66. The van der Waals surface area contributed by atoms with Crippen molar-refractivity contribution in [2.75, 3.05) is 24.3 Å². The maximum Gasteiger partial charge on any atom is 0.255 e. The van der Waals surface area contributed by atoms with Gasteiger partial charge in [0.25, 0.3) is 5.91 Å². The molecule has 1 heterocycles. The molecule has 1 aromatic heterocycles.